The highest BCUT2D eigenvalue weighted by Gasteiger charge is 2.53. The topological polar surface area (TPSA) is 92.6 Å². The van der Waals surface area contributed by atoms with E-state index in [0.29, 0.717) is 24.6 Å². The number of nitrogens with zero attached hydrogens (tertiary/aromatic N) is 5. The molecule has 1 N–H and O–H groups in total. The second-order valence-electron chi connectivity index (χ2n) is 11.1. The third-order valence-electron chi connectivity index (χ3n) is 8.24. The van der Waals surface area contributed by atoms with Gasteiger partial charge < -0.3 is 20.0 Å². The van der Waals surface area contributed by atoms with Crippen LogP contribution in [-0.4, -0.2) is 61.0 Å². The first-order chi connectivity index (χ1) is 18.9. The summed E-state index contributed by atoms with van der Waals surface area (Å²) in [5, 5.41) is 12.5. The molecule has 1 aromatic heterocycles. The summed E-state index contributed by atoms with van der Waals surface area (Å²) in [6.07, 6.45) is -1.08. The average molecular weight is 553 g/mol. The van der Waals surface area contributed by atoms with Crippen molar-refractivity contribution in [3.05, 3.63) is 59.8 Å². The summed E-state index contributed by atoms with van der Waals surface area (Å²) in [7, 11) is 1.65. The molecular formula is C29H31F3N6O2. The van der Waals surface area contributed by atoms with E-state index in [2.05, 4.69) is 21.8 Å². The van der Waals surface area contributed by atoms with E-state index < -0.39 is 23.3 Å². The van der Waals surface area contributed by atoms with Crippen LogP contribution in [0.25, 0.3) is 0 Å². The monoisotopic (exact) mass is 552 g/mol. The molecule has 2 amide bonds. The van der Waals surface area contributed by atoms with Gasteiger partial charge in [-0.25, -0.2) is 4.98 Å². The van der Waals surface area contributed by atoms with Gasteiger partial charge in [0.05, 0.1) is 16.9 Å². The predicted octanol–water partition coefficient (Wildman–Crippen LogP) is 4.36. The Kier molecular flexibility index (Phi) is 6.98. The molecule has 1 spiro atoms. The van der Waals surface area contributed by atoms with Crippen LogP contribution >= 0.6 is 0 Å². The van der Waals surface area contributed by atoms with Crippen LogP contribution in [0.15, 0.2) is 43.0 Å². The van der Waals surface area contributed by atoms with E-state index in [1.807, 2.05) is 29.2 Å². The lowest BCUT2D eigenvalue weighted by Gasteiger charge is -2.59. The van der Waals surface area contributed by atoms with E-state index in [-0.39, 0.29) is 28.7 Å². The minimum absolute atomic E-state index is 0.0389. The summed E-state index contributed by atoms with van der Waals surface area (Å²) in [5.74, 6) is -0.190. The molecule has 1 atom stereocenters. The number of carbonyl (C=O) groups is 2. The number of hydrogen-bond donors (Lipinski definition) is 1. The minimum Gasteiger partial charge on any atom is -0.369 e. The van der Waals surface area contributed by atoms with Gasteiger partial charge in [-0.1, -0.05) is 18.7 Å². The van der Waals surface area contributed by atoms with Crippen molar-refractivity contribution in [2.75, 3.05) is 48.3 Å². The van der Waals surface area contributed by atoms with Crippen molar-refractivity contribution in [2.24, 2.45) is 11.3 Å². The van der Waals surface area contributed by atoms with Crippen LogP contribution < -0.4 is 15.1 Å². The van der Waals surface area contributed by atoms with Crippen LogP contribution in [0.5, 0.6) is 0 Å². The number of nitrogens with one attached hydrogen (secondary N) is 1. The largest absolute Gasteiger partial charge is 0.417 e. The van der Waals surface area contributed by atoms with Gasteiger partial charge in [0, 0.05) is 44.3 Å². The van der Waals surface area contributed by atoms with Crippen LogP contribution in [0.1, 0.15) is 36.1 Å². The number of aryl methyl sites for hydroxylation is 1. The first-order valence-corrected chi connectivity index (χ1v) is 13.2. The highest BCUT2D eigenvalue weighted by atomic mass is 19.4. The van der Waals surface area contributed by atoms with Crippen molar-refractivity contribution in [3.8, 4) is 6.07 Å². The number of anilines is 3. The number of fused-ring (bicyclic) bond motifs is 1. The average Bonchev–Trinajstić information content (AvgIpc) is 2.87. The molecule has 0 radical (unpaired) electrons. The van der Waals surface area contributed by atoms with Gasteiger partial charge >= 0.3 is 6.18 Å². The molecule has 40 heavy (non-hydrogen) atoms. The molecule has 210 valence electrons. The number of hydrogen-bond acceptors (Lipinski definition) is 6. The number of amides is 2. The molecule has 3 heterocycles. The molecule has 1 aromatic carbocycles. The zero-order chi connectivity index (χ0) is 28.8. The van der Waals surface area contributed by atoms with E-state index in [1.165, 1.54) is 17.9 Å². The molecule has 1 saturated heterocycles. The first kappa shape index (κ1) is 27.5. The second kappa shape index (κ2) is 10.2. The number of halogens is 3. The maximum atomic E-state index is 13.7. The number of likely N-dealkylation sites (tertiary alicyclic amines) is 1. The van der Waals surface area contributed by atoms with Gasteiger partial charge in [0.1, 0.15) is 23.5 Å². The molecule has 5 rings (SSSR count). The molecular weight excluding hydrogens is 521 g/mol. The smallest absolute Gasteiger partial charge is 0.369 e. The number of rotatable bonds is 5. The van der Waals surface area contributed by atoms with Crippen molar-refractivity contribution < 1.29 is 22.8 Å². The first-order valence-electron chi connectivity index (χ1n) is 13.2. The van der Waals surface area contributed by atoms with Crippen LogP contribution in [-0.2, 0) is 15.8 Å². The Balaban J connectivity index is 1.36. The van der Waals surface area contributed by atoms with Crippen LogP contribution in [0, 0.1) is 29.6 Å². The highest BCUT2D eigenvalue weighted by Crippen LogP contribution is 2.52. The molecule has 2 fully saturated rings. The van der Waals surface area contributed by atoms with Gasteiger partial charge in [-0.2, -0.15) is 18.4 Å². The van der Waals surface area contributed by atoms with E-state index >= 15 is 0 Å². The maximum Gasteiger partial charge on any atom is 0.417 e. The molecule has 0 bridgehead atoms. The summed E-state index contributed by atoms with van der Waals surface area (Å²) < 4.78 is 41.0. The van der Waals surface area contributed by atoms with Crippen molar-refractivity contribution in [1.29, 1.82) is 5.26 Å². The fourth-order valence-corrected chi connectivity index (χ4v) is 6.41. The fourth-order valence-electron chi connectivity index (χ4n) is 6.41. The molecule has 11 heteroatoms. The Labute approximate surface area is 231 Å². The SMILES string of the molecule is C=CC(=O)N1CC2(CC(CN3CCC(Nc4nc(C)cc(C(F)(F)F)c4C#N)C(=O)N(C)c4ccccc43)C2)C1. The van der Waals surface area contributed by atoms with Gasteiger partial charge in [0.15, 0.2) is 0 Å². The zero-order valence-electron chi connectivity index (χ0n) is 22.5. The molecule has 8 nitrogen and oxygen atoms in total. The molecule has 1 unspecified atom stereocenters. The Hall–Kier alpha value is -4.07. The number of para-hydroxylation sites is 2. The highest BCUT2D eigenvalue weighted by molar-refractivity contribution is 6.01. The number of carbonyl (C=O) groups excluding carboxylic acids is 2. The third kappa shape index (κ3) is 4.98. The summed E-state index contributed by atoms with van der Waals surface area (Å²) in [6.45, 7) is 7.72. The van der Waals surface area contributed by atoms with E-state index in [9.17, 15) is 28.0 Å². The molecule has 2 aromatic rings. The molecule has 3 aliphatic rings. The number of likely N-dealkylation sites (N-methyl/N-ethyl adjacent to an activating group) is 1. The second-order valence-corrected chi connectivity index (χ2v) is 11.1. The molecule has 1 aliphatic carbocycles. The van der Waals surface area contributed by atoms with Gasteiger partial charge in [0.2, 0.25) is 11.8 Å². The standard InChI is InChI=1S/C29H31F3N6O2/c1-4-25(39)38-16-28(17-38)12-19(13-28)15-37-10-9-22(27(40)36(3)23-7-5-6-8-24(23)37)35-26-20(14-33)21(29(30,31)32)11-18(2)34-26/h4-8,11,19,22H,1,9-10,12-13,15-17H2,2-3H3,(H,34,35). The minimum atomic E-state index is -4.73. The van der Waals surface area contributed by atoms with Gasteiger partial charge in [0.25, 0.3) is 0 Å². The fraction of sp³-hybridized carbons (Fsp3) is 0.448. The molecule has 2 aliphatic heterocycles. The lowest BCUT2D eigenvalue weighted by atomic mass is 9.57. The predicted molar refractivity (Wildman–Crippen MR) is 145 cm³/mol. The zero-order valence-corrected chi connectivity index (χ0v) is 22.5. The van der Waals surface area contributed by atoms with E-state index in [1.54, 1.807) is 13.1 Å². The van der Waals surface area contributed by atoms with Crippen LogP contribution in [0.2, 0.25) is 0 Å². The van der Waals surface area contributed by atoms with Crippen molar-refractivity contribution in [3.63, 3.8) is 0 Å². The lowest BCUT2D eigenvalue weighted by molar-refractivity contribution is -0.149. The Morgan fingerprint density at radius 2 is 1.95 bits per heavy atom. The number of pyridine rings is 1. The number of alkyl halides is 3. The van der Waals surface area contributed by atoms with Crippen LogP contribution in [0.3, 0.4) is 0 Å². The summed E-state index contributed by atoms with van der Waals surface area (Å²) in [5.41, 5.74) is 0.178. The number of benzene rings is 1. The van der Waals surface area contributed by atoms with Gasteiger partial charge in [-0.3, -0.25) is 9.59 Å². The van der Waals surface area contributed by atoms with Crippen molar-refractivity contribution in [1.82, 2.24) is 9.88 Å². The number of nitriles is 1. The van der Waals surface area contributed by atoms with Crippen LogP contribution in [0.4, 0.5) is 30.4 Å². The third-order valence-corrected chi connectivity index (χ3v) is 8.24. The summed E-state index contributed by atoms with van der Waals surface area (Å²) in [4.78, 5) is 35.1. The molecule has 1 saturated carbocycles. The van der Waals surface area contributed by atoms with E-state index in [0.717, 1.165) is 44.2 Å². The maximum absolute atomic E-state index is 13.7. The Morgan fingerprint density at radius 3 is 2.58 bits per heavy atom. The van der Waals surface area contributed by atoms with Crippen molar-refractivity contribution >= 4 is 29.0 Å². The Morgan fingerprint density at radius 1 is 1.27 bits per heavy atom. The Bertz CT molecular complexity index is 1390. The van der Waals surface area contributed by atoms with E-state index in [4.69, 9.17) is 0 Å². The quantitative estimate of drug-likeness (QED) is 0.555. The normalized spacial score (nSPS) is 20.6. The summed E-state index contributed by atoms with van der Waals surface area (Å²) >= 11 is 0. The summed E-state index contributed by atoms with van der Waals surface area (Å²) in [6, 6.07) is 9.17. The van der Waals surface area contributed by atoms with Crippen molar-refractivity contribution in [2.45, 2.75) is 38.4 Å². The number of aromatic nitrogens is 1. The van der Waals surface area contributed by atoms with Gasteiger partial charge in [-0.15, -0.1) is 0 Å². The van der Waals surface area contributed by atoms with Gasteiger partial charge in [-0.05, 0) is 56.4 Å². The lowest BCUT2D eigenvalue weighted by Crippen LogP contribution is -2.64.